The summed E-state index contributed by atoms with van der Waals surface area (Å²) >= 11 is 11.1. The summed E-state index contributed by atoms with van der Waals surface area (Å²) in [5, 5.41) is 1.06. The molecule has 1 heterocycles. The van der Waals surface area contributed by atoms with E-state index in [9.17, 15) is 9.59 Å². The van der Waals surface area contributed by atoms with Crippen molar-refractivity contribution in [3.8, 4) is 0 Å². The molecule has 10 heavy (non-hydrogen) atoms. The Bertz CT molecular complexity index is 202. The Kier molecular flexibility index (Phi) is 1.65. The minimum atomic E-state index is -1.28. The van der Waals surface area contributed by atoms with Crippen molar-refractivity contribution in [3.05, 3.63) is 0 Å². The van der Waals surface area contributed by atoms with Crippen LogP contribution in [0.5, 0.6) is 0 Å². The highest BCUT2D eigenvalue weighted by molar-refractivity contribution is 6.50. The maximum Gasteiger partial charge on any atom is 0.249 e. The minimum absolute atomic E-state index is 0.524. The third-order valence-electron chi connectivity index (χ3n) is 1.39. The highest BCUT2D eigenvalue weighted by atomic mass is 35.5. The van der Waals surface area contributed by atoms with E-state index in [2.05, 4.69) is 0 Å². The third kappa shape index (κ3) is 0.896. The Morgan fingerprint density at radius 2 is 2.10 bits per heavy atom. The van der Waals surface area contributed by atoms with Crippen LogP contribution in [0.4, 0.5) is 0 Å². The first kappa shape index (κ1) is 7.82. The van der Waals surface area contributed by atoms with E-state index >= 15 is 0 Å². The number of hydrogen-bond acceptors (Lipinski definition) is 2. The molecule has 0 aliphatic carbocycles. The van der Waals surface area contributed by atoms with Crippen LogP contribution in [-0.4, -0.2) is 22.1 Å². The number of halogens is 2. The third-order valence-corrected chi connectivity index (χ3v) is 2.52. The zero-order chi connectivity index (χ0) is 7.94. The minimum Gasteiger partial charge on any atom is -0.293 e. The maximum absolute atomic E-state index is 10.8. The average molecular weight is 182 g/mol. The molecule has 1 fully saturated rings. The van der Waals surface area contributed by atoms with Gasteiger partial charge in [-0.05, 0) is 6.92 Å². The first-order valence-corrected chi connectivity index (χ1v) is 3.46. The number of carbonyl (C=O) groups is 2. The number of rotatable bonds is 0. The molecule has 56 valence electrons. The van der Waals surface area contributed by atoms with Gasteiger partial charge in [-0.25, -0.2) is 0 Å². The molecule has 0 spiro atoms. The smallest absolute Gasteiger partial charge is 0.249 e. The second-order valence-corrected chi connectivity index (χ2v) is 3.48. The van der Waals surface area contributed by atoms with Gasteiger partial charge in [-0.2, -0.15) is 0 Å². The summed E-state index contributed by atoms with van der Waals surface area (Å²) in [5.74, 6) is -1.05. The Hall–Kier alpha value is -0.280. The van der Waals surface area contributed by atoms with E-state index in [1.165, 1.54) is 6.92 Å². The second kappa shape index (κ2) is 2.10. The lowest BCUT2D eigenvalue weighted by molar-refractivity contribution is -0.125. The summed E-state index contributed by atoms with van der Waals surface area (Å²) in [6.45, 7) is 1.41. The van der Waals surface area contributed by atoms with Crippen LogP contribution in [0.1, 0.15) is 6.92 Å². The monoisotopic (exact) mass is 181 g/mol. The summed E-state index contributed by atoms with van der Waals surface area (Å²) < 4.78 is 0. The molecule has 1 N–H and O–H groups in total. The van der Waals surface area contributed by atoms with Crippen LogP contribution in [0.15, 0.2) is 0 Å². The molecule has 5 heteroatoms. The molecule has 2 atom stereocenters. The molecule has 1 rings (SSSR count). The quantitative estimate of drug-likeness (QED) is 0.431. The molecule has 2 amide bonds. The fourth-order valence-corrected chi connectivity index (χ4v) is 0.959. The molecule has 1 saturated heterocycles. The van der Waals surface area contributed by atoms with E-state index in [0.717, 1.165) is 0 Å². The SMILES string of the molecule is C[C@]1(Cl)C(=O)NC(=O)[C@@H]1Cl. The number of carbonyl (C=O) groups excluding carboxylic acids is 2. The fraction of sp³-hybridized carbons (Fsp3) is 0.600. The summed E-state index contributed by atoms with van der Waals surface area (Å²) in [4.78, 5) is 20.1. The zero-order valence-electron chi connectivity index (χ0n) is 5.15. The van der Waals surface area contributed by atoms with Crippen LogP contribution in [0, 0.1) is 0 Å². The molecule has 0 aromatic carbocycles. The van der Waals surface area contributed by atoms with Gasteiger partial charge in [-0.3, -0.25) is 14.9 Å². The van der Waals surface area contributed by atoms with E-state index in [-0.39, 0.29) is 0 Å². The highest BCUT2D eigenvalue weighted by Gasteiger charge is 2.49. The van der Waals surface area contributed by atoms with Crippen LogP contribution in [0.2, 0.25) is 0 Å². The van der Waals surface area contributed by atoms with Gasteiger partial charge < -0.3 is 0 Å². The van der Waals surface area contributed by atoms with Crippen LogP contribution >= 0.6 is 23.2 Å². The van der Waals surface area contributed by atoms with Crippen molar-refractivity contribution in [3.63, 3.8) is 0 Å². The van der Waals surface area contributed by atoms with Gasteiger partial charge in [0.2, 0.25) is 11.8 Å². The normalized spacial score (nSPS) is 40.1. The van der Waals surface area contributed by atoms with Gasteiger partial charge in [0, 0.05) is 0 Å². The number of amides is 2. The van der Waals surface area contributed by atoms with Gasteiger partial charge in [0.05, 0.1) is 0 Å². The number of imide groups is 1. The van der Waals surface area contributed by atoms with Gasteiger partial charge >= 0.3 is 0 Å². The molecular weight excluding hydrogens is 177 g/mol. The molecule has 3 nitrogen and oxygen atoms in total. The summed E-state index contributed by atoms with van der Waals surface area (Å²) in [7, 11) is 0. The predicted molar refractivity (Wildman–Crippen MR) is 37.0 cm³/mol. The largest absolute Gasteiger partial charge is 0.293 e. The molecule has 0 saturated carbocycles. The highest BCUT2D eigenvalue weighted by Crippen LogP contribution is 2.28. The van der Waals surface area contributed by atoms with Crippen molar-refractivity contribution in [1.29, 1.82) is 0 Å². The van der Waals surface area contributed by atoms with Crippen molar-refractivity contribution < 1.29 is 9.59 Å². The van der Waals surface area contributed by atoms with E-state index in [4.69, 9.17) is 23.2 Å². The molecule has 0 bridgehead atoms. The Morgan fingerprint density at radius 1 is 1.60 bits per heavy atom. The molecule has 0 radical (unpaired) electrons. The Morgan fingerprint density at radius 3 is 2.20 bits per heavy atom. The lowest BCUT2D eigenvalue weighted by Gasteiger charge is -2.11. The first-order chi connectivity index (χ1) is 4.46. The lowest BCUT2D eigenvalue weighted by atomic mass is 10.1. The number of nitrogens with one attached hydrogen (secondary N) is 1. The van der Waals surface area contributed by atoms with Crippen LogP contribution in [0.25, 0.3) is 0 Å². The van der Waals surface area contributed by atoms with Crippen molar-refractivity contribution in [2.24, 2.45) is 0 Å². The molecule has 1 aliphatic rings. The topological polar surface area (TPSA) is 46.2 Å². The van der Waals surface area contributed by atoms with Crippen molar-refractivity contribution in [1.82, 2.24) is 5.32 Å². The summed E-state index contributed by atoms with van der Waals surface area (Å²) in [5.41, 5.74) is 0. The fourth-order valence-electron chi connectivity index (χ4n) is 0.659. The Labute approximate surface area is 67.7 Å². The predicted octanol–water partition coefficient (Wildman–Crippen LogP) is 0.248. The molecule has 1 aliphatic heterocycles. The van der Waals surface area contributed by atoms with E-state index in [1.807, 2.05) is 5.32 Å². The molecular formula is C5H5Cl2NO2. The van der Waals surface area contributed by atoms with Crippen LogP contribution < -0.4 is 5.32 Å². The zero-order valence-corrected chi connectivity index (χ0v) is 6.66. The van der Waals surface area contributed by atoms with Crippen molar-refractivity contribution in [2.45, 2.75) is 17.2 Å². The van der Waals surface area contributed by atoms with Crippen molar-refractivity contribution >= 4 is 35.0 Å². The Balaban J connectivity index is 2.96. The summed E-state index contributed by atoms with van der Waals surface area (Å²) in [6, 6.07) is 0. The first-order valence-electron chi connectivity index (χ1n) is 2.64. The van der Waals surface area contributed by atoms with Gasteiger partial charge in [0.25, 0.3) is 0 Å². The van der Waals surface area contributed by atoms with Gasteiger partial charge in [-0.1, -0.05) is 0 Å². The number of alkyl halides is 2. The lowest BCUT2D eigenvalue weighted by Crippen LogP contribution is -2.33. The average Bonchev–Trinajstić information content (AvgIpc) is 1.97. The second-order valence-electron chi connectivity index (χ2n) is 2.26. The molecule has 0 aromatic heterocycles. The summed E-state index contributed by atoms with van der Waals surface area (Å²) in [6.07, 6.45) is 0. The van der Waals surface area contributed by atoms with Crippen LogP contribution in [-0.2, 0) is 9.59 Å². The van der Waals surface area contributed by atoms with Gasteiger partial charge in [-0.15, -0.1) is 23.2 Å². The van der Waals surface area contributed by atoms with Gasteiger partial charge in [0.15, 0.2) is 0 Å². The van der Waals surface area contributed by atoms with E-state index < -0.39 is 22.1 Å². The van der Waals surface area contributed by atoms with E-state index in [1.54, 1.807) is 0 Å². The van der Waals surface area contributed by atoms with Gasteiger partial charge in [0.1, 0.15) is 10.3 Å². The van der Waals surface area contributed by atoms with E-state index in [0.29, 0.717) is 0 Å². The number of hydrogen-bond donors (Lipinski definition) is 1. The standard InChI is InChI=1S/C5H5Cl2NO2/c1-5(7)2(6)3(9)8-4(5)10/h2H,1H3,(H,8,9,10)/t2-,5+/m0/s1. The van der Waals surface area contributed by atoms with Crippen LogP contribution in [0.3, 0.4) is 0 Å². The molecule has 0 aromatic rings. The van der Waals surface area contributed by atoms with Crippen molar-refractivity contribution in [2.75, 3.05) is 0 Å². The maximum atomic E-state index is 10.8. The molecule has 0 unspecified atom stereocenters.